The van der Waals surface area contributed by atoms with Crippen LogP contribution in [0.25, 0.3) is 11.1 Å². The minimum Gasteiger partial charge on any atom is -0.407 e. The van der Waals surface area contributed by atoms with Crippen molar-refractivity contribution in [3.63, 3.8) is 0 Å². The van der Waals surface area contributed by atoms with E-state index in [1.54, 1.807) is 12.1 Å². The van der Waals surface area contributed by atoms with E-state index in [0.717, 1.165) is 24.7 Å². The first kappa shape index (κ1) is 31.8. The number of aryl methyl sites for hydroxylation is 1. The molecular weight excluding hydrogens is 489 g/mol. The lowest BCUT2D eigenvalue weighted by Crippen LogP contribution is -2.44. The molecule has 0 N–H and O–H groups in total. The maximum atomic E-state index is 15.0. The molecular formula is C34H51BF2O2. The van der Waals surface area contributed by atoms with Crippen molar-refractivity contribution < 1.29 is 18.1 Å². The van der Waals surface area contributed by atoms with E-state index >= 15 is 0 Å². The predicted molar refractivity (Wildman–Crippen MR) is 161 cm³/mol. The Bertz CT molecular complexity index is 926. The molecule has 0 spiro atoms. The lowest BCUT2D eigenvalue weighted by atomic mass is 9.76. The van der Waals surface area contributed by atoms with E-state index in [2.05, 4.69) is 13.8 Å². The fourth-order valence-electron chi connectivity index (χ4n) is 5.57. The van der Waals surface area contributed by atoms with Gasteiger partial charge in [0.2, 0.25) is 0 Å². The Kier molecular flexibility index (Phi) is 15.2. The predicted octanol–water partition coefficient (Wildman–Crippen LogP) is 9.81. The topological polar surface area (TPSA) is 18.5 Å². The van der Waals surface area contributed by atoms with E-state index in [-0.39, 0.29) is 7.12 Å². The van der Waals surface area contributed by atoms with Crippen LogP contribution in [0.1, 0.15) is 122 Å². The summed E-state index contributed by atoms with van der Waals surface area (Å²) in [7, 11) is -0.389. The summed E-state index contributed by atoms with van der Waals surface area (Å²) in [5.74, 6) is -0.999. The maximum Gasteiger partial charge on any atom is 0.493 e. The molecule has 0 saturated carbocycles. The van der Waals surface area contributed by atoms with Crippen LogP contribution in [0.3, 0.4) is 0 Å². The monoisotopic (exact) mass is 540 g/mol. The van der Waals surface area contributed by atoms with E-state index in [1.165, 1.54) is 83.5 Å². The van der Waals surface area contributed by atoms with Crippen molar-refractivity contribution in [1.29, 1.82) is 0 Å². The zero-order valence-electron chi connectivity index (χ0n) is 24.6. The van der Waals surface area contributed by atoms with Crippen molar-refractivity contribution in [2.75, 3.05) is 13.2 Å². The summed E-state index contributed by atoms with van der Waals surface area (Å²) in [5, 5.41) is 0. The van der Waals surface area contributed by atoms with Gasteiger partial charge in [-0.2, -0.15) is 0 Å². The average Bonchev–Trinajstić information content (AvgIpc) is 2.96. The first-order chi connectivity index (χ1) is 19.1. The molecule has 0 bridgehead atoms. The maximum absolute atomic E-state index is 15.0. The highest BCUT2D eigenvalue weighted by atomic mass is 19.2. The molecule has 1 aliphatic rings. The van der Waals surface area contributed by atoms with Crippen LogP contribution in [0.5, 0.6) is 0 Å². The Morgan fingerprint density at radius 1 is 0.641 bits per heavy atom. The van der Waals surface area contributed by atoms with Crippen LogP contribution in [0, 0.1) is 17.6 Å². The van der Waals surface area contributed by atoms with Crippen LogP contribution in [-0.4, -0.2) is 20.3 Å². The highest BCUT2D eigenvalue weighted by Gasteiger charge is 2.29. The second-order valence-electron chi connectivity index (χ2n) is 11.5. The minimum absolute atomic E-state index is 0.305. The van der Waals surface area contributed by atoms with E-state index in [0.29, 0.717) is 42.2 Å². The van der Waals surface area contributed by atoms with E-state index in [1.807, 2.05) is 24.3 Å². The summed E-state index contributed by atoms with van der Waals surface area (Å²) >= 11 is 0. The zero-order chi connectivity index (χ0) is 27.7. The largest absolute Gasteiger partial charge is 0.493 e. The van der Waals surface area contributed by atoms with Crippen molar-refractivity contribution in [3.8, 4) is 11.1 Å². The molecule has 0 atom stereocenters. The van der Waals surface area contributed by atoms with Crippen LogP contribution < -0.4 is 5.46 Å². The average molecular weight is 541 g/mol. The van der Waals surface area contributed by atoms with Gasteiger partial charge in [-0.1, -0.05) is 140 Å². The van der Waals surface area contributed by atoms with Gasteiger partial charge in [0.1, 0.15) is 0 Å². The quantitative estimate of drug-likeness (QED) is 0.130. The SMILES string of the molecule is CCCCCCCCCCc1ccc(-c2ccc(B3OCC(CCCCCCCCC)CO3)cc2)c(F)c1F. The highest BCUT2D eigenvalue weighted by molar-refractivity contribution is 6.61. The first-order valence-electron chi connectivity index (χ1n) is 15.9. The molecule has 2 nitrogen and oxygen atoms in total. The van der Waals surface area contributed by atoms with Crippen LogP contribution in [-0.2, 0) is 15.7 Å². The molecule has 0 unspecified atom stereocenters. The van der Waals surface area contributed by atoms with Gasteiger partial charge in [0.15, 0.2) is 11.6 Å². The Labute approximate surface area is 237 Å². The lowest BCUT2D eigenvalue weighted by molar-refractivity contribution is 0.0810. The second-order valence-corrected chi connectivity index (χ2v) is 11.5. The summed E-state index contributed by atoms with van der Waals surface area (Å²) in [5.41, 5.74) is 2.37. The van der Waals surface area contributed by atoms with Gasteiger partial charge in [-0.15, -0.1) is 0 Å². The van der Waals surface area contributed by atoms with Crippen molar-refractivity contribution in [3.05, 3.63) is 53.6 Å². The smallest absolute Gasteiger partial charge is 0.407 e. The molecule has 3 rings (SSSR count). The molecule has 0 aromatic heterocycles. The molecule has 2 aromatic carbocycles. The van der Waals surface area contributed by atoms with E-state index in [9.17, 15) is 8.78 Å². The molecule has 1 fully saturated rings. The van der Waals surface area contributed by atoms with Crippen molar-refractivity contribution in [2.24, 2.45) is 5.92 Å². The van der Waals surface area contributed by atoms with Crippen LogP contribution in [0.2, 0.25) is 0 Å². The Balaban J connectivity index is 1.41. The van der Waals surface area contributed by atoms with Crippen LogP contribution >= 0.6 is 0 Å². The van der Waals surface area contributed by atoms with Crippen LogP contribution in [0.4, 0.5) is 8.78 Å². The number of rotatable bonds is 19. The molecule has 5 heteroatoms. The molecule has 1 aliphatic heterocycles. The van der Waals surface area contributed by atoms with Gasteiger partial charge in [0.05, 0.1) is 0 Å². The Morgan fingerprint density at radius 2 is 1.18 bits per heavy atom. The summed E-state index contributed by atoms with van der Waals surface area (Å²) < 4.78 is 41.8. The molecule has 1 heterocycles. The fourth-order valence-corrected chi connectivity index (χ4v) is 5.57. The third-order valence-electron chi connectivity index (χ3n) is 8.14. The van der Waals surface area contributed by atoms with Crippen molar-refractivity contribution in [2.45, 2.75) is 123 Å². The standard InChI is InChI=1S/C34H51BF2O2/c1-3-5-7-9-11-13-15-17-19-30-22-25-32(34(37)33(30)36)29-20-23-31(24-21-29)35-38-26-28(27-39-35)18-16-14-12-10-8-6-4-2/h20-25,28H,3-19,26-27H2,1-2H3. The number of benzene rings is 2. The summed E-state index contributed by atoms with van der Waals surface area (Å²) in [6, 6.07) is 11.0. The first-order valence-corrected chi connectivity index (χ1v) is 15.9. The van der Waals surface area contributed by atoms with Gasteiger partial charge in [-0.05, 0) is 35.9 Å². The van der Waals surface area contributed by atoms with Crippen LogP contribution in [0.15, 0.2) is 36.4 Å². The van der Waals surface area contributed by atoms with Gasteiger partial charge in [0, 0.05) is 24.7 Å². The third-order valence-corrected chi connectivity index (χ3v) is 8.14. The fraction of sp³-hybridized carbons (Fsp3) is 0.647. The molecule has 0 aliphatic carbocycles. The third kappa shape index (κ3) is 11.0. The Hall–Kier alpha value is -1.72. The minimum atomic E-state index is -0.752. The molecule has 1 saturated heterocycles. The molecule has 0 amide bonds. The van der Waals surface area contributed by atoms with Gasteiger partial charge in [-0.3, -0.25) is 0 Å². The van der Waals surface area contributed by atoms with E-state index < -0.39 is 11.6 Å². The van der Waals surface area contributed by atoms with E-state index in [4.69, 9.17) is 9.31 Å². The summed E-state index contributed by atoms with van der Waals surface area (Å²) in [4.78, 5) is 0. The summed E-state index contributed by atoms with van der Waals surface area (Å²) in [6.07, 6.45) is 20.5. The normalized spacial score (nSPS) is 14.3. The summed E-state index contributed by atoms with van der Waals surface area (Å²) in [6.45, 7) is 5.90. The Morgan fingerprint density at radius 3 is 1.77 bits per heavy atom. The van der Waals surface area contributed by atoms with Crippen molar-refractivity contribution in [1.82, 2.24) is 0 Å². The van der Waals surface area contributed by atoms with Gasteiger partial charge < -0.3 is 9.31 Å². The highest BCUT2D eigenvalue weighted by Crippen LogP contribution is 2.27. The molecule has 0 radical (unpaired) electrons. The number of hydrogen-bond acceptors (Lipinski definition) is 2. The number of unbranched alkanes of at least 4 members (excludes halogenated alkanes) is 13. The molecule has 39 heavy (non-hydrogen) atoms. The van der Waals surface area contributed by atoms with Gasteiger partial charge in [0.25, 0.3) is 0 Å². The zero-order valence-corrected chi connectivity index (χ0v) is 24.6. The molecule has 216 valence electrons. The number of hydrogen-bond donors (Lipinski definition) is 0. The van der Waals surface area contributed by atoms with Gasteiger partial charge in [-0.25, -0.2) is 8.78 Å². The van der Waals surface area contributed by atoms with Crippen molar-refractivity contribution >= 4 is 12.6 Å². The number of halogens is 2. The lowest BCUT2D eigenvalue weighted by Gasteiger charge is -2.27. The molecule has 2 aromatic rings. The van der Waals surface area contributed by atoms with Gasteiger partial charge >= 0.3 is 7.12 Å². The second kappa shape index (κ2) is 18.6.